The summed E-state index contributed by atoms with van der Waals surface area (Å²) in [4.78, 5) is 24.0. The van der Waals surface area contributed by atoms with Gasteiger partial charge in [0.25, 0.3) is 0 Å². The second kappa shape index (κ2) is 5.46. The minimum absolute atomic E-state index is 0.0918. The second-order valence-corrected chi connectivity index (χ2v) is 8.70. The average molecular weight is 360 g/mol. The number of alkyl halides is 1. The first kappa shape index (κ1) is 17.8. The smallest absolute Gasteiger partial charge is 0.184 e. The third kappa shape index (κ3) is 1.96. The van der Waals surface area contributed by atoms with Gasteiger partial charge in [0.2, 0.25) is 0 Å². The van der Waals surface area contributed by atoms with Gasteiger partial charge in [-0.05, 0) is 56.3 Å². The molecule has 0 heterocycles. The highest BCUT2D eigenvalue weighted by atomic mass is 19.1. The average Bonchev–Trinajstić information content (AvgIpc) is 2.93. The number of hydrogen-bond donors (Lipinski definition) is 2. The number of carbonyl (C=O) groups excluding carboxylic acids is 2. The Bertz CT molecular complexity index is 781. The van der Waals surface area contributed by atoms with E-state index in [1.165, 1.54) is 12.2 Å². The first-order valence-electron chi connectivity index (χ1n) is 9.34. The summed E-state index contributed by atoms with van der Waals surface area (Å²) >= 11 is 0. The standard InChI is InChI=1S/C21H25FO4/c1-19-10-18(26)21(22)15(14(19)5-6-16(19)17(25)11-23)4-3-12-9-13(24)7-8-20(12,21)2/h6-9,14-15,18,23,26H,3-5,10-11H2,1-2H3/t14-,15+,18-,19-,20-,21-/m0/s1. The fourth-order valence-corrected chi connectivity index (χ4v) is 6.30. The van der Waals surface area contributed by atoms with Gasteiger partial charge in [-0.25, -0.2) is 4.39 Å². The molecule has 4 nitrogen and oxygen atoms in total. The quantitative estimate of drug-likeness (QED) is 0.793. The maximum absolute atomic E-state index is 16.7. The van der Waals surface area contributed by atoms with Gasteiger partial charge in [0.05, 0.1) is 6.10 Å². The highest BCUT2D eigenvalue weighted by molar-refractivity contribution is 6.01. The zero-order valence-corrected chi connectivity index (χ0v) is 15.2. The number of rotatable bonds is 2. The van der Waals surface area contributed by atoms with Crippen LogP contribution in [0.4, 0.5) is 4.39 Å². The number of ketones is 2. The molecule has 0 radical (unpaired) electrons. The number of halogens is 1. The van der Waals surface area contributed by atoms with E-state index >= 15 is 4.39 Å². The zero-order chi connectivity index (χ0) is 18.9. The summed E-state index contributed by atoms with van der Waals surface area (Å²) in [5.74, 6) is -0.963. The van der Waals surface area contributed by atoms with E-state index in [1.807, 2.05) is 13.0 Å². The Kier molecular flexibility index (Phi) is 3.74. The number of aliphatic hydroxyl groups excluding tert-OH is 2. The van der Waals surface area contributed by atoms with E-state index in [-0.39, 0.29) is 23.9 Å². The van der Waals surface area contributed by atoms with Crippen LogP contribution in [0.3, 0.4) is 0 Å². The highest BCUT2D eigenvalue weighted by Gasteiger charge is 2.69. The van der Waals surface area contributed by atoms with Crippen LogP contribution in [0.25, 0.3) is 0 Å². The van der Waals surface area contributed by atoms with Gasteiger partial charge in [-0.15, -0.1) is 0 Å². The molecule has 5 heteroatoms. The highest BCUT2D eigenvalue weighted by Crippen LogP contribution is 2.67. The molecule has 2 fully saturated rings. The van der Waals surface area contributed by atoms with E-state index in [1.54, 1.807) is 13.0 Å². The first-order chi connectivity index (χ1) is 12.2. The van der Waals surface area contributed by atoms with Crippen LogP contribution in [0.15, 0.2) is 35.5 Å². The van der Waals surface area contributed by atoms with E-state index in [2.05, 4.69) is 0 Å². The Labute approximate surface area is 152 Å². The van der Waals surface area contributed by atoms with Crippen molar-refractivity contribution in [1.29, 1.82) is 0 Å². The molecule has 0 bridgehead atoms. The minimum atomic E-state index is -1.87. The van der Waals surface area contributed by atoms with E-state index in [4.69, 9.17) is 0 Å². The Morgan fingerprint density at radius 3 is 2.77 bits per heavy atom. The van der Waals surface area contributed by atoms with Crippen molar-refractivity contribution in [2.45, 2.75) is 51.3 Å². The van der Waals surface area contributed by atoms with Crippen LogP contribution < -0.4 is 0 Å². The molecule has 26 heavy (non-hydrogen) atoms. The largest absolute Gasteiger partial charge is 0.390 e. The summed E-state index contributed by atoms with van der Waals surface area (Å²) in [5.41, 5.74) is -2.21. The van der Waals surface area contributed by atoms with E-state index in [0.29, 0.717) is 24.8 Å². The molecule has 140 valence electrons. The molecule has 0 saturated heterocycles. The molecular formula is C21H25FO4. The van der Waals surface area contributed by atoms with Crippen molar-refractivity contribution in [3.63, 3.8) is 0 Å². The predicted molar refractivity (Wildman–Crippen MR) is 93.9 cm³/mol. The van der Waals surface area contributed by atoms with Crippen LogP contribution in [0.1, 0.15) is 39.5 Å². The van der Waals surface area contributed by atoms with E-state index < -0.39 is 35.1 Å². The fourth-order valence-electron chi connectivity index (χ4n) is 6.30. The monoisotopic (exact) mass is 360 g/mol. The molecule has 2 N–H and O–H groups in total. The van der Waals surface area contributed by atoms with Gasteiger partial charge in [-0.3, -0.25) is 9.59 Å². The number of fused-ring (bicyclic) bond motifs is 5. The number of aliphatic hydroxyl groups is 2. The molecule has 4 aliphatic carbocycles. The molecule has 2 saturated carbocycles. The summed E-state index contributed by atoms with van der Waals surface area (Å²) in [6.07, 6.45) is 7.03. The molecule has 0 amide bonds. The zero-order valence-electron chi connectivity index (χ0n) is 15.2. The van der Waals surface area contributed by atoms with Crippen LogP contribution in [0, 0.1) is 22.7 Å². The molecule has 4 aliphatic rings. The van der Waals surface area contributed by atoms with Gasteiger partial charge in [0.1, 0.15) is 6.61 Å². The van der Waals surface area contributed by atoms with Crippen LogP contribution in [-0.4, -0.2) is 40.2 Å². The van der Waals surface area contributed by atoms with Gasteiger partial charge in [0, 0.05) is 16.7 Å². The third-order valence-electron chi connectivity index (χ3n) is 7.67. The lowest BCUT2D eigenvalue weighted by molar-refractivity contribution is -0.185. The van der Waals surface area contributed by atoms with Gasteiger partial charge in [-0.1, -0.05) is 24.6 Å². The Balaban J connectivity index is 1.79. The van der Waals surface area contributed by atoms with Crippen molar-refractivity contribution < 1.29 is 24.2 Å². The van der Waals surface area contributed by atoms with Crippen LogP contribution >= 0.6 is 0 Å². The summed E-state index contributed by atoms with van der Waals surface area (Å²) < 4.78 is 16.7. The first-order valence-corrected chi connectivity index (χ1v) is 9.34. The minimum Gasteiger partial charge on any atom is -0.390 e. The third-order valence-corrected chi connectivity index (χ3v) is 7.67. The predicted octanol–water partition coefficient (Wildman–Crippen LogP) is 2.45. The van der Waals surface area contributed by atoms with E-state index in [9.17, 15) is 19.8 Å². The molecule has 6 atom stereocenters. The molecule has 0 spiro atoms. The number of hydrogen-bond acceptors (Lipinski definition) is 4. The number of Topliss-reactive ketones (excluding diaryl/α,β-unsaturated/α-hetero) is 1. The fraction of sp³-hybridized carbons (Fsp3) is 0.619. The second-order valence-electron chi connectivity index (χ2n) is 8.70. The van der Waals surface area contributed by atoms with Crippen LogP contribution in [0.2, 0.25) is 0 Å². The van der Waals surface area contributed by atoms with Crippen LogP contribution in [-0.2, 0) is 9.59 Å². The number of carbonyl (C=O) groups is 2. The van der Waals surface area contributed by atoms with Crippen molar-refractivity contribution in [2.75, 3.05) is 6.61 Å². The maximum Gasteiger partial charge on any atom is 0.184 e. The Morgan fingerprint density at radius 1 is 1.35 bits per heavy atom. The maximum atomic E-state index is 16.7. The van der Waals surface area contributed by atoms with Crippen molar-refractivity contribution in [3.8, 4) is 0 Å². The number of allylic oxidation sites excluding steroid dienone is 5. The molecular weight excluding hydrogens is 335 g/mol. The summed E-state index contributed by atoms with van der Waals surface area (Å²) in [6, 6.07) is 0. The summed E-state index contributed by atoms with van der Waals surface area (Å²) in [5, 5.41) is 20.3. The summed E-state index contributed by atoms with van der Waals surface area (Å²) in [7, 11) is 0. The molecule has 0 aromatic carbocycles. The van der Waals surface area contributed by atoms with Crippen molar-refractivity contribution in [3.05, 3.63) is 35.5 Å². The SMILES string of the molecule is C[C@]12C=CC(=O)C=C1CC[C@@H]1[C@@H]3CC=C(C(=O)CO)[C@@]3(C)C[C@H](O)[C@@]12F. The van der Waals surface area contributed by atoms with Crippen molar-refractivity contribution >= 4 is 11.6 Å². The molecule has 0 aliphatic heterocycles. The molecule has 4 rings (SSSR count). The molecule has 0 aromatic heterocycles. The summed E-state index contributed by atoms with van der Waals surface area (Å²) in [6.45, 7) is 3.13. The topological polar surface area (TPSA) is 74.6 Å². The Morgan fingerprint density at radius 2 is 2.08 bits per heavy atom. The van der Waals surface area contributed by atoms with Crippen molar-refractivity contribution in [1.82, 2.24) is 0 Å². The molecule has 0 unspecified atom stereocenters. The Hall–Kier alpha value is -1.59. The lowest BCUT2D eigenvalue weighted by Gasteiger charge is -2.61. The van der Waals surface area contributed by atoms with E-state index in [0.717, 1.165) is 5.57 Å². The van der Waals surface area contributed by atoms with Crippen LogP contribution in [0.5, 0.6) is 0 Å². The molecule has 0 aromatic rings. The van der Waals surface area contributed by atoms with Crippen molar-refractivity contribution in [2.24, 2.45) is 22.7 Å². The van der Waals surface area contributed by atoms with Gasteiger partial charge in [0.15, 0.2) is 17.2 Å². The van der Waals surface area contributed by atoms with Gasteiger partial charge in [-0.2, -0.15) is 0 Å². The lowest BCUT2D eigenvalue weighted by atomic mass is 9.45. The van der Waals surface area contributed by atoms with Gasteiger partial charge < -0.3 is 10.2 Å². The lowest BCUT2D eigenvalue weighted by Crippen LogP contribution is -2.66. The normalized spacial score (nSPS) is 46.8. The van der Waals surface area contributed by atoms with Gasteiger partial charge >= 0.3 is 0 Å².